The molecular formula is C13H10F2O2. The number of halogens is 2. The zero-order valence-corrected chi connectivity index (χ0v) is 8.86. The van der Waals surface area contributed by atoms with Crippen LogP contribution in [0.5, 0.6) is 11.5 Å². The smallest absolute Gasteiger partial charge is 0.168 e. The third-order valence-electron chi connectivity index (χ3n) is 2.23. The van der Waals surface area contributed by atoms with Crippen molar-refractivity contribution in [3.8, 4) is 11.5 Å². The number of hydrogen-bond acceptors (Lipinski definition) is 2. The SMILES string of the molecule is OCc1ccc(Oc2ccc(F)cc2F)cc1. The first-order chi connectivity index (χ1) is 8.19. The van der Waals surface area contributed by atoms with Crippen molar-refractivity contribution in [2.75, 3.05) is 0 Å². The van der Waals surface area contributed by atoms with E-state index in [2.05, 4.69) is 0 Å². The van der Waals surface area contributed by atoms with E-state index in [1.807, 2.05) is 0 Å². The molecule has 2 aromatic carbocycles. The van der Waals surface area contributed by atoms with Crippen molar-refractivity contribution in [3.63, 3.8) is 0 Å². The first kappa shape index (κ1) is 11.5. The maximum absolute atomic E-state index is 13.3. The Morgan fingerprint density at radius 2 is 1.71 bits per heavy atom. The fourth-order valence-electron chi connectivity index (χ4n) is 1.35. The number of ether oxygens (including phenoxy) is 1. The van der Waals surface area contributed by atoms with Gasteiger partial charge < -0.3 is 9.84 Å². The molecule has 1 N–H and O–H groups in total. The van der Waals surface area contributed by atoms with Crippen molar-refractivity contribution >= 4 is 0 Å². The van der Waals surface area contributed by atoms with E-state index in [4.69, 9.17) is 9.84 Å². The second-order valence-corrected chi connectivity index (χ2v) is 3.48. The molecule has 0 saturated heterocycles. The highest BCUT2D eigenvalue weighted by atomic mass is 19.1. The van der Waals surface area contributed by atoms with Gasteiger partial charge in [0.1, 0.15) is 11.6 Å². The van der Waals surface area contributed by atoms with E-state index in [-0.39, 0.29) is 12.4 Å². The van der Waals surface area contributed by atoms with Gasteiger partial charge in [-0.2, -0.15) is 0 Å². The van der Waals surface area contributed by atoms with Gasteiger partial charge in [0.05, 0.1) is 6.61 Å². The summed E-state index contributed by atoms with van der Waals surface area (Å²) in [4.78, 5) is 0. The second kappa shape index (κ2) is 4.93. The molecule has 0 amide bonds. The Labute approximate surface area is 97.1 Å². The van der Waals surface area contributed by atoms with Gasteiger partial charge in [-0.05, 0) is 29.8 Å². The van der Waals surface area contributed by atoms with E-state index < -0.39 is 11.6 Å². The van der Waals surface area contributed by atoms with Crippen molar-refractivity contribution in [3.05, 3.63) is 59.7 Å². The third kappa shape index (κ3) is 2.79. The Kier molecular flexibility index (Phi) is 3.35. The molecule has 0 spiro atoms. The van der Waals surface area contributed by atoms with Crippen LogP contribution >= 0.6 is 0 Å². The Morgan fingerprint density at radius 3 is 2.29 bits per heavy atom. The summed E-state index contributed by atoms with van der Waals surface area (Å²) < 4.78 is 31.2. The molecular weight excluding hydrogens is 226 g/mol. The molecule has 2 nitrogen and oxygen atoms in total. The Bertz CT molecular complexity index is 509. The molecule has 2 aromatic rings. The predicted octanol–water partition coefficient (Wildman–Crippen LogP) is 3.25. The van der Waals surface area contributed by atoms with E-state index in [9.17, 15) is 8.78 Å². The number of aliphatic hydroxyl groups is 1. The minimum absolute atomic E-state index is 0.0388. The van der Waals surface area contributed by atoms with Crippen molar-refractivity contribution in [1.29, 1.82) is 0 Å². The number of benzene rings is 2. The fourth-order valence-corrected chi connectivity index (χ4v) is 1.35. The van der Waals surface area contributed by atoms with E-state index in [0.29, 0.717) is 5.75 Å². The standard InChI is InChI=1S/C13H10F2O2/c14-10-3-6-13(12(15)7-10)17-11-4-1-9(8-16)2-5-11/h1-7,16H,8H2. The van der Waals surface area contributed by atoms with Crippen molar-refractivity contribution in [1.82, 2.24) is 0 Å². The van der Waals surface area contributed by atoms with Crippen LogP contribution in [0.1, 0.15) is 5.56 Å². The summed E-state index contributed by atoms with van der Waals surface area (Å²) in [7, 11) is 0. The number of hydrogen-bond donors (Lipinski definition) is 1. The first-order valence-corrected chi connectivity index (χ1v) is 5.02. The fraction of sp³-hybridized carbons (Fsp3) is 0.0769. The molecule has 88 valence electrons. The van der Waals surface area contributed by atoms with Crippen molar-refractivity contribution in [2.24, 2.45) is 0 Å². The Balaban J connectivity index is 2.19. The quantitative estimate of drug-likeness (QED) is 0.886. The predicted molar refractivity (Wildman–Crippen MR) is 58.8 cm³/mol. The molecule has 0 fully saturated rings. The molecule has 0 aliphatic rings. The highest BCUT2D eigenvalue weighted by Gasteiger charge is 2.05. The van der Waals surface area contributed by atoms with Crippen LogP contribution in [0.3, 0.4) is 0 Å². The van der Waals surface area contributed by atoms with Crippen LogP contribution in [0, 0.1) is 11.6 Å². The van der Waals surface area contributed by atoms with E-state index in [1.54, 1.807) is 24.3 Å². The molecule has 0 saturated carbocycles. The van der Waals surface area contributed by atoms with E-state index in [1.165, 1.54) is 6.07 Å². The molecule has 4 heteroatoms. The molecule has 2 rings (SSSR count). The summed E-state index contributed by atoms with van der Waals surface area (Å²) in [6.45, 7) is -0.0643. The monoisotopic (exact) mass is 236 g/mol. The molecule has 0 bridgehead atoms. The van der Waals surface area contributed by atoms with Crippen LogP contribution in [0.25, 0.3) is 0 Å². The van der Waals surface area contributed by atoms with E-state index >= 15 is 0 Å². The van der Waals surface area contributed by atoms with Crippen molar-refractivity contribution in [2.45, 2.75) is 6.61 Å². The summed E-state index contributed by atoms with van der Waals surface area (Å²) in [5, 5.41) is 8.85. The van der Waals surface area contributed by atoms with Gasteiger partial charge in [-0.1, -0.05) is 12.1 Å². The lowest BCUT2D eigenvalue weighted by Gasteiger charge is -2.07. The topological polar surface area (TPSA) is 29.5 Å². The highest BCUT2D eigenvalue weighted by Crippen LogP contribution is 2.25. The zero-order chi connectivity index (χ0) is 12.3. The molecule has 0 atom stereocenters. The summed E-state index contributed by atoms with van der Waals surface area (Å²) >= 11 is 0. The molecule has 0 radical (unpaired) electrons. The number of rotatable bonds is 3. The van der Waals surface area contributed by atoms with Gasteiger partial charge in [0.25, 0.3) is 0 Å². The lowest BCUT2D eigenvalue weighted by molar-refractivity contribution is 0.281. The molecule has 0 aliphatic heterocycles. The largest absolute Gasteiger partial charge is 0.454 e. The summed E-state index contributed by atoms with van der Waals surface area (Å²) in [6.07, 6.45) is 0. The van der Waals surface area contributed by atoms with Gasteiger partial charge in [-0.3, -0.25) is 0 Å². The van der Waals surface area contributed by atoms with Crippen LogP contribution in [-0.2, 0) is 6.61 Å². The Morgan fingerprint density at radius 1 is 1.00 bits per heavy atom. The lowest BCUT2D eigenvalue weighted by Crippen LogP contribution is -1.90. The summed E-state index contributed by atoms with van der Waals surface area (Å²) in [5.74, 6) is -1.02. The van der Waals surface area contributed by atoms with Crippen LogP contribution < -0.4 is 4.74 Å². The molecule has 0 heterocycles. The minimum Gasteiger partial charge on any atom is -0.454 e. The lowest BCUT2D eigenvalue weighted by atomic mass is 10.2. The van der Waals surface area contributed by atoms with Crippen LogP contribution in [0.15, 0.2) is 42.5 Å². The van der Waals surface area contributed by atoms with Crippen LogP contribution in [-0.4, -0.2) is 5.11 Å². The van der Waals surface area contributed by atoms with Gasteiger partial charge >= 0.3 is 0 Å². The van der Waals surface area contributed by atoms with Crippen molar-refractivity contribution < 1.29 is 18.6 Å². The second-order valence-electron chi connectivity index (χ2n) is 3.48. The summed E-state index contributed by atoms with van der Waals surface area (Å²) in [5.41, 5.74) is 0.733. The third-order valence-corrected chi connectivity index (χ3v) is 2.23. The normalized spacial score (nSPS) is 10.3. The van der Waals surface area contributed by atoms with Gasteiger partial charge in [0.2, 0.25) is 0 Å². The minimum atomic E-state index is -0.753. The Hall–Kier alpha value is -1.94. The maximum Gasteiger partial charge on any atom is 0.168 e. The maximum atomic E-state index is 13.3. The zero-order valence-electron chi connectivity index (χ0n) is 8.86. The van der Waals surface area contributed by atoms with Gasteiger partial charge in [0.15, 0.2) is 11.6 Å². The van der Waals surface area contributed by atoms with Gasteiger partial charge in [0, 0.05) is 6.07 Å². The molecule has 0 aromatic heterocycles. The molecule has 0 unspecified atom stereocenters. The van der Waals surface area contributed by atoms with Gasteiger partial charge in [-0.25, -0.2) is 8.78 Å². The number of aliphatic hydroxyl groups excluding tert-OH is 1. The van der Waals surface area contributed by atoms with E-state index in [0.717, 1.165) is 17.7 Å². The van der Waals surface area contributed by atoms with Crippen LogP contribution in [0.2, 0.25) is 0 Å². The average Bonchev–Trinajstić information content (AvgIpc) is 2.34. The van der Waals surface area contributed by atoms with Gasteiger partial charge in [-0.15, -0.1) is 0 Å². The first-order valence-electron chi connectivity index (χ1n) is 5.02. The average molecular weight is 236 g/mol. The summed E-state index contributed by atoms with van der Waals surface area (Å²) in [6, 6.07) is 9.65. The van der Waals surface area contributed by atoms with Crippen LogP contribution in [0.4, 0.5) is 8.78 Å². The molecule has 0 aliphatic carbocycles. The highest BCUT2D eigenvalue weighted by molar-refractivity contribution is 5.33. The molecule has 17 heavy (non-hydrogen) atoms.